The SMILES string of the molecule is CCOC(=O)COc1cccc(-c2ccc3nc(N)nc(-c4ccccc4)c3n2)c1. The molecule has 7 heteroatoms. The second kappa shape index (κ2) is 8.57. The van der Waals surface area contributed by atoms with Crippen LogP contribution in [0.15, 0.2) is 66.7 Å². The third kappa shape index (κ3) is 4.20. The summed E-state index contributed by atoms with van der Waals surface area (Å²) in [6, 6.07) is 20.8. The van der Waals surface area contributed by atoms with Gasteiger partial charge in [-0.25, -0.2) is 19.7 Å². The Hall–Kier alpha value is -4.00. The number of nitrogen functional groups attached to an aromatic ring is 1. The lowest BCUT2D eigenvalue weighted by molar-refractivity contribution is -0.145. The molecular weight excluding hydrogens is 380 g/mol. The van der Waals surface area contributed by atoms with Crippen LogP contribution in [-0.2, 0) is 9.53 Å². The third-order valence-electron chi connectivity index (χ3n) is 4.40. The monoisotopic (exact) mass is 400 g/mol. The highest BCUT2D eigenvalue weighted by molar-refractivity contribution is 5.91. The van der Waals surface area contributed by atoms with E-state index in [1.54, 1.807) is 13.0 Å². The van der Waals surface area contributed by atoms with E-state index in [4.69, 9.17) is 20.2 Å². The van der Waals surface area contributed by atoms with Crippen LogP contribution in [0.25, 0.3) is 33.5 Å². The van der Waals surface area contributed by atoms with Crippen molar-refractivity contribution >= 4 is 23.0 Å². The van der Waals surface area contributed by atoms with Crippen molar-refractivity contribution in [3.63, 3.8) is 0 Å². The summed E-state index contributed by atoms with van der Waals surface area (Å²) in [5, 5.41) is 0. The fraction of sp³-hybridized carbons (Fsp3) is 0.130. The van der Waals surface area contributed by atoms with Crippen molar-refractivity contribution in [3.8, 4) is 28.3 Å². The molecule has 0 aliphatic rings. The fourth-order valence-corrected chi connectivity index (χ4v) is 3.08. The van der Waals surface area contributed by atoms with Crippen LogP contribution in [-0.4, -0.2) is 34.1 Å². The number of fused-ring (bicyclic) bond motifs is 1. The molecule has 7 nitrogen and oxygen atoms in total. The first kappa shape index (κ1) is 19.3. The first-order valence-corrected chi connectivity index (χ1v) is 9.52. The Balaban J connectivity index is 1.71. The highest BCUT2D eigenvalue weighted by atomic mass is 16.6. The molecular formula is C23H20N4O3. The quantitative estimate of drug-likeness (QED) is 0.490. The van der Waals surface area contributed by atoms with Gasteiger partial charge in [0.25, 0.3) is 0 Å². The molecule has 0 aliphatic heterocycles. The lowest BCUT2D eigenvalue weighted by Crippen LogP contribution is -2.14. The number of esters is 1. The average molecular weight is 400 g/mol. The van der Waals surface area contributed by atoms with Gasteiger partial charge in [0.2, 0.25) is 5.95 Å². The van der Waals surface area contributed by atoms with Crippen molar-refractivity contribution < 1.29 is 14.3 Å². The van der Waals surface area contributed by atoms with E-state index < -0.39 is 5.97 Å². The number of rotatable bonds is 6. The minimum absolute atomic E-state index is 0.145. The lowest BCUT2D eigenvalue weighted by atomic mass is 10.1. The van der Waals surface area contributed by atoms with Crippen LogP contribution < -0.4 is 10.5 Å². The second-order valence-electron chi connectivity index (χ2n) is 6.48. The Bertz CT molecular complexity index is 1200. The van der Waals surface area contributed by atoms with Crippen LogP contribution in [0.1, 0.15) is 6.92 Å². The van der Waals surface area contributed by atoms with Gasteiger partial charge >= 0.3 is 5.97 Å². The molecule has 0 bridgehead atoms. The predicted molar refractivity (Wildman–Crippen MR) is 115 cm³/mol. The molecule has 0 atom stereocenters. The standard InChI is InChI=1S/C23H20N4O3/c1-2-29-20(28)14-30-17-10-6-9-16(13-17)18-11-12-19-22(25-18)21(27-23(24)26-19)15-7-4-3-5-8-15/h3-13H,2,14H2,1H3,(H2,24,26,27). The van der Waals surface area contributed by atoms with E-state index in [2.05, 4.69) is 9.97 Å². The van der Waals surface area contributed by atoms with Gasteiger partial charge in [0.1, 0.15) is 17.0 Å². The number of ether oxygens (including phenoxy) is 2. The van der Waals surface area contributed by atoms with E-state index in [9.17, 15) is 4.79 Å². The van der Waals surface area contributed by atoms with Gasteiger partial charge < -0.3 is 15.2 Å². The van der Waals surface area contributed by atoms with Gasteiger partial charge in [-0.15, -0.1) is 0 Å². The predicted octanol–water partition coefficient (Wildman–Crippen LogP) is 3.88. The van der Waals surface area contributed by atoms with Crippen molar-refractivity contribution in [2.45, 2.75) is 6.92 Å². The first-order chi connectivity index (χ1) is 14.6. The zero-order chi connectivity index (χ0) is 20.9. The number of aromatic nitrogens is 3. The van der Waals surface area contributed by atoms with Crippen LogP contribution >= 0.6 is 0 Å². The summed E-state index contributed by atoms with van der Waals surface area (Å²) < 4.78 is 10.4. The van der Waals surface area contributed by atoms with Crippen LogP contribution in [0, 0.1) is 0 Å². The summed E-state index contributed by atoms with van der Waals surface area (Å²) in [4.78, 5) is 25.1. The van der Waals surface area contributed by atoms with Gasteiger partial charge in [-0.05, 0) is 31.2 Å². The van der Waals surface area contributed by atoms with Gasteiger partial charge in [0.15, 0.2) is 6.61 Å². The van der Waals surface area contributed by atoms with Crippen molar-refractivity contribution in [1.29, 1.82) is 0 Å². The number of hydrogen-bond donors (Lipinski definition) is 1. The zero-order valence-corrected chi connectivity index (χ0v) is 16.4. The smallest absolute Gasteiger partial charge is 0.344 e. The average Bonchev–Trinajstić information content (AvgIpc) is 2.78. The molecule has 2 N–H and O–H groups in total. The molecule has 30 heavy (non-hydrogen) atoms. The van der Waals surface area contributed by atoms with E-state index in [1.807, 2.05) is 60.7 Å². The molecule has 0 fully saturated rings. The Morgan fingerprint density at radius 1 is 0.933 bits per heavy atom. The third-order valence-corrected chi connectivity index (χ3v) is 4.40. The number of nitrogens with zero attached hydrogens (tertiary/aromatic N) is 3. The lowest BCUT2D eigenvalue weighted by Gasteiger charge is -2.10. The molecule has 2 heterocycles. The van der Waals surface area contributed by atoms with E-state index >= 15 is 0 Å². The number of carbonyl (C=O) groups is 1. The summed E-state index contributed by atoms with van der Waals surface area (Å²) in [5.74, 6) is 0.346. The highest BCUT2D eigenvalue weighted by Gasteiger charge is 2.12. The Morgan fingerprint density at radius 2 is 1.73 bits per heavy atom. The van der Waals surface area contributed by atoms with Gasteiger partial charge in [-0.2, -0.15) is 0 Å². The fourth-order valence-electron chi connectivity index (χ4n) is 3.08. The number of anilines is 1. The van der Waals surface area contributed by atoms with Gasteiger partial charge in [-0.3, -0.25) is 0 Å². The maximum Gasteiger partial charge on any atom is 0.344 e. The molecule has 2 aromatic heterocycles. The Morgan fingerprint density at radius 3 is 2.53 bits per heavy atom. The van der Waals surface area contributed by atoms with Gasteiger partial charge in [0.05, 0.1) is 17.8 Å². The number of hydrogen-bond acceptors (Lipinski definition) is 7. The molecule has 0 spiro atoms. The van der Waals surface area contributed by atoms with E-state index in [0.29, 0.717) is 29.1 Å². The van der Waals surface area contributed by atoms with Crippen molar-refractivity contribution in [2.75, 3.05) is 18.9 Å². The van der Waals surface area contributed by atoms with Gasteiger partial charge in [0, 0.05) is 11.1 Å². The first-order valence-electron chi connectivity index (χ1n) is 9.52. The molecule has 0 aliphatic carbocycles. The molecule has 4 aromatic rings. The van der Waals surface area contributed by atoms with E-state index in [-0.39, 0.29) is 12.6 Å². The normalized spacial score (nSPS) is 10.7. The summed E-state index contributed by atoms with van der Waals surface area (Å²) in [6.07, 6.45) is 0. The molecule has 2 aromatic carbocycles. The molecule has 4 rings (SSSR count). The number of benzene rings is 2. The van der Waals surface area contributed by atoms with Gasteiger partial charge in [-0.1, -0.05) is 42.5 Å². The maximum atomic E-state index is 11.5. The van der Waals surface area contributed by atoms with E-state index in [0.717, 1.165) is 16.8 Å². The van der Waals surface area contributed by atoms with Crippen molar-refractivity contribution in [3.05, 3.63) is 66.7 Å². The maximum absolute atomic E-state index is 11.5. The van der Waals surface area contributed by atoms with Crippen LogP contribution in [0.5, 0.6) is 5.75 Å². The van der Waals surface area contributed by atoms with E-state index in [1.165, 1.54) is 0 Å². The van der Waals surface area contributed by atoms with Crippen molar-refractivity contribution in [2.24, 2.45) is 0 Å². The Kier molecular flexibility index (Phi) is 5.52. The molecule has 0 radical (unpaired) electrons. The number of pyridine rings is 1. The number of nitrogens with two attached hydrogens (primary N) is 1. The molecule has 0 amide bonds. The Labute approximate surface area is 173 Å². The second-order valence-corrected chi connectivity index (χ2v) is 6.48. The summed E-state index contributed by atoms with van der Waals surface area (Å²) in [6.45, 7) is 1.93. The zero-order valence-electron chi connectivity index (χ0n) is 16.4. The van der Waals surface area contributed by atoms with Crippen molar-refractivity contribution in [1.82, 2.24) is 15.0 Å². The molecule has 0 unspecified atom stereocenters. The summed E-state index contributed by atoms with van der Waals surface area (Å²) >= 11 is 0. The minimum atomic E-state index is -0.408. The topological polar surface area (TPSA) is 100 Å². The molecule has 0 saturated carbocycles. The van der Waals surface area contributed by atoms with Crippen LogP contribution in [0.3, 0.4) is 0 Å². The number of carbonyl (C=O) groups excluding carboxylic acids is 1. The summed E-state index contributed by atoms with van der Waals surface area (Å²) in [5.41, 5.74) is 10.4. The van der Waals surface area contributed by atoms with Crippen LogP contribution in [0.4, 0.5) is 5.95 Å². The summed E-state index contributed by atoms with van der Waals surface area (Å²) in [7, 11) is 0. The van der Waals surface area contributed by atoms with Crippen LogP contribution in [0.2, 0.25) is 0 Å². The largest absolute Gasteiger partial charge is 0.482 e. The molecule has 0 saturated heterocycles. The molecule has 150 valence electrons. The highest BCUT2D eigenvalue weighted by Crippen LogP contribution is 2.29. The minimum Gasteiger partial charge on any atom is -0.482 e.